The van der Waals surface area contributed by atoms with E-state index in [0.717, 1.165) is 52.5 Å². The van der Waals surface area contributed by atoms with Crippen molar-refractivity contribution in [2.75, 3.05) is 13.2 Å². The van der Waals surface area contributed by atoms with E-state index >= 15 is 0 Å². The molecule has 4 aromatic rings. The topological polar surface area (TPSA) is 70.5 Å². The standard InChI is InChI=1S/C26H37NO.C25H36N2O.Ni/c1-18(2)14-15-28-24-13-11-10-12-22(24)27-23-17-20(25(4,5)6)16-21(19(23)3)26(7,8)9;1-17(2)13-14-28-22-12-10-9-11-20(22)27-21-16-18(24(3,4)5)15-19(23(21)26)25(6,7)8;/h10-13,16-18H,3,14-15H2,1-2,4-9H3;9-12,15-17,26H,13-14H2,1-8H3;/q2*-2;. The van der Waals surface area contributed by atoms with Crippen LogP contribution in [0.1, 0.15) is 151 Å². The van der Waals surface area contributed by atoms with Crippen molar-refractivity contribution in [2.45, 2.75) is 145 Å². The van der Waals surface area contributed by atoms with Gasteiger partial charge in [0.1, 0.15) is 11.5 Å². The predicted octanol–water partition coefficient (Wildman–Crippen LogP) is 17.0. The zero-order valence-corrected chi connectivity index (χ0v) is 39.1. The zero-order valence-electron chi connectivity index (χ0n) is 38.1. The SMILES string of the molecule is CC(C)CCOc1ccccc1[N-]c1cc(C(C)(C)C)cc(C(C)(C)C)c1[NH-].[CH2-]c1c([N-]c2ccccc2OCCC(C)C)cc(C(C)(C)C)cc1C(C)(C)C.[Ni]. The largest absolute Gasteiger partial charge is 0.713 e. The second-order valence-corrected chi connectivity index (χ2v) is 20.2. The molecular weight excluding hydrogens is 745 g/mol. The maximum atomic E-state index is 8.78. The number of benzene rings is 4. The summed E-state index contributed by atoms with van der Waals surface area (Å²) in [5.74, 6) is 2.83. The Morgan fingerprint density at radius 3 is 1.28 bits per heavy atom. The first-order valence-corrected chi connectivity index (χ1v) is 20.6. The Labute approximate surface area is 358 Å². The molecule has 0 radical (unpaired) electrons. The molecule has 6 heteroatoms. The maximum absolute atomic E-state index is 8.78. The van der Waals surface area contributed by atoms with Gasteiger partial charge in [0.25, 0.3) is 0 Å². The van der Waals surface area contributed by atoms with Gasteiger partial charge in [-0.15, -0.1) is 23.4 Å². The van der Waals surface area contributed by atoms with Gasteiger partial charge in [-0.1, -0.05) is 182 Å². The molecule has 4 aromatic carbocycles. The summed E-state index contributed by atoms with van der Waals surface area (Å²) in [6, 6.07) is 24.6. The van der Waals surface area contributed by atoms with E-state index in [9.17, 15) is 0 Å². The van der Waals surface area contributed by atoms with Crippen molar-refractivity contribution in [1.82, 2.24) is 0 Å². The molecule has 0 atom stereocenters. The number of nitrogens with zero attached hydrogens (tertiary/aromatic N) is 2. The van der Waals surface area contributed by atoms with Gasteiger partial charge in [0.2, 0.25) is 0 Å². The van der Waals surface area contributed by atoms with Crippen molar-refractivity contribution in [2.24, 2.45) is 11.8 Å². The van der Waals surface area contributed by atoms with Crippen LogP contribution in [0.15, 0.2) is 72.8 Å². The fraction of sp³-hybridized carbons (Fsp3) is 0.510. The van der Waals surface area contributed by atoms with Crippen LogP contribution < -0.4 is 9.47 Å². The molecule has 0 heterocycles. The zero-order chi connectivity index (χ0) is 42.2. The second-order valence-electron chi connectivity index (χ2n) is 20.2. The summed E-state index contributed by atoms with van der Waals surface area (Å²) in [5, 5.41) is 9.87. The molecule has 5 nitrogen and oxygen atoms in total. The fourth-order valence-corrected chi connectivity index (χ4v) is 6.01. The van der Waals surface area contributed by atoms with Gasteiger partial charge in [0.15, 0.2) is 0 Å². The van der Waals surface area contributed by atoms with E-state index in [1.54, 1.807) is 0 Å². The van der Waals surface area contributed by atoms with Crippen molar-refractivity contribution >= 4 is 28.4 Å². The molecule has 0 aliphatic rings. The Morgan fingerprint density at radius 2 is 0.895 bits per heavy atom. The van der Waals surface area contributed by atoms with E-state index in [4.69, 9.17) is 25.8 Å². The molecule has 318 valence electrons. The first-order valence-electron chi connectivity index (χ1n) is 20.6. The molecule has 0 saturated carbocycles. The van der Waals surface area contributed by atoms with E-state index in [1.807, 2.05) is 48.5 Å². The molecule has 0 saturated heterocycles. The fourth-order valence-electron chi connectivity index (χ4n) is 6.01. The molecule has 0 spiro atoms. The predicted molar refractivity (Wildman–Crippen MR) is 244 cm³/mol. The van der Waals surface area contributed by atoms with Crippen LogP contribution in [-0.4, -0.2) is 13.2 Å². The molecule has 57 heavy (non-hydrogen) atoms. The molecule has 0 amide bonds. The molecule has 0 aliphatic heterocycles. The number of hydrogen-bond donors (Lipinski definition) is 0. The normalized spacial score (nSPS) is 12.1. The van der Waals surface area contributed by atoms with E-state index in [0.29, 0.717) is 36.4 Å². The molecular formula is C51H73N3NiO2-4. The van der Waals surface area contributed by atoms with Crippen molar-refractivity contribution < 1.29 is 26.0 Å². The molecule has 1 N–H and O–H groups in total. The van der Waals surface area contributed by atoms with Gasteiger partial charge in [-0.3, -0.25) is 0 Å². The van der Waals surface area contributed by atoms with Crippen LogP contribution in [0.5, 0.6) is 11.5 Å². The monoisotopic (exact) mass is 818 g/mol. The van der Waals surface area contributed by atoms with Crippen LogP contribution >= 0.6 is 0 Å². The van der Waals surface area contributed by atoms with Crippen LogP contribution in [0.25, 0.3) is 16.4 Å². The number of nitrogens with one attached hydrogen (secondary N) is 1. The first-order chi connectivity index (χ1) is 25.8. The van der Waals surface area contributed by atoms with E-state index in [-0.39, 0.29) is 38.2 Å². The van der Waals surface area contributed by atoms with E-state index < -0.39 is 0 Å². The summed E-state index contributed by atoms with van der Waals surface area (Å²) in [4.78, 5) is 0. The number of para-hydroxylation sites is 4. The Bertz CT molecular complexity index is 1730. The number of ether oxygens (including phenoxy) is 2. The third-order valence-electron chi connectivity index (χ3n) is 9.81. The van der Waals surface area contributed by atoms with Crippen LogP contribution in [0.2, 0.25) is 0 Å². The maximum Gasteiger partial charge on any atom is 0.104 e. The van der Waals surface area contributed by atoms with Gasteiger partial charge in [-0.2, -0.15) is 18.3 Å². The molecule has 0 unspecified atom stereocenters. The summed E-state index contributed by atoms with van der Waals surface area (Å²) in [5.41, 5.74) is 18.2. The van der Waals surface area contributed by atoms with Crippen molar-refractivity contribution in [3.8, 4) is 11.5 Å². The Kier molecular flexibility index (Phi) is 17.6. The third kappa shape index (κ3) is 14.8. The van der Waals surface area contributed by atoms with Gasteiger partial charge in [-0.05, 0) is 58.6 Å². The average Bonchev–Trinajstić information content (AvgIpc) is 3.06. The minimum atomic E-state index is -0.115. The summed E-state index contributed by atoms with van der Waals surface area (Å²) in [6.07, 6.45) is 2.04. The Morgan fingerprint density at radius 1 is 0.526 bits per heavy atom. The van der Waals surface area contributed by atoms with Gasteiger partial charge in [0.05, 0.1) is 13.2 Å². The van der Waals surface area contributed by atoms with Crippen molar-refractivity contribution in [3.63, 3.8) is 0 Å². The van der Waals surface area contributed by atoms with Crippen LogP contribution in [0, 0.1) is 18.8 Å². The first kappa shape index (κ1) is 49.4. The van der Waals surface area contributed by atoms with E-state index in [2.05, 4.69) is 142 Å². The van der Waals surface area contributed by atoms with Crippen LogP contribution in [-0.2, 0) is 38.2 Å². The van der Waals surface area contributed by atoms with Crippen LogP contribution in [0.3, 0.4) is 0 Å². The smallest absolute Gasteiger partial charge is 0.104 e. The van der Waals surface area contributed by atoms with Gasteiger partial charge < -0.3 is 25.8 Å². The minimum absolute atomic E-state index is 0. The summed E-state index contributed by atoms with van der Waals surface area (Å²) in [6.45, 7) is 41.0. The Balaban J connectivity index is 0.000000387. The Hall–Kier alpha value is -3.76. The summed E-state index contributed by atoms with van der Waals surface area (Å²) < 4.78 is 12.0. The second kappa shape index (κ2) is 20.3. The van der Waals surface area contributed by atoms with Crippen LogP contribution in [0.4, 0.5) is 28.4 Å². The van der Waals surface area contributed by atoms with E-state index in [1.165, 1.54) is 16.7 Å². The molecule has 0 aromatic heterocycles. The van der Waals surface area contributed by atoms with Crippen molar-refractivity contribution in [1.29, 1.82) is 0 Å². The molecule has 0 fully saturated rings. The van der Waals surface area contributed by atoms with Gasteiger partial charge in [0, 0.05) is 16.5 Å². The minimum Gasteiger partial charge on any atom is -0.713 e. The molecule has 0 bridgehead atoms. The summed E-state index contributed by atoms with van der Waals surface area (Å²) in [7, 11) is 0. The number of rotatable bonds is 12. The number of hydrogen-bond acceptors (Lipinski definition) is 2. The summed E-state index contributed by atoms with van der Waals surface area (Å²) >= 11 is 0. The third-order valence-corrected chi connectivity index (χ3v) is 9.81. The van der Waals surface area contributed by atoms with Gasteiger partial charge >= 0.3 is 0 Å². The quantitative estimate of drug-likeness (QED) is 0.106. The van der Waals surface area contributed by atoms with Crippen molar-refractivity contribution in [3.05, 3.63) is 124 Å². The molecule has 0 aliphatic carbocycles. The average molecular weight is 819 g/mol. The molecule has 4 rings (SSSR count). The van der Waals surface area contributed by atoms with Gasteiger partial charge in [-0.25, -0.2) is 11.3 Å².